The van der Waals surface area contributed by atoms with E-state index in [1.165, 1.54) is 4.90 Å². The lowest BCUT2D eigenvalue weighted by atomic mass is 10.0. The molecule has 1 aromatic heterocycles. The molecular formula is C15H25FN6O3. The van der Waals surface area contributed by atoms with E-state index in [4.69, 9.17) is 0 Å². The second-order valence-corrected chi connectivity index (χ2v) is 5.79. The highest BCUT2D eigenvalue weighted by molar-refractivity contribution is 5.80. The number of rotatable bonds is 11. The zero-order chi connectivity index (χ0) is 18.8. The average molecular weight is 356 g/mol. The van der Waals surface area contributed by atoms with Gasteiger partial charge in [-0.05, 0) is 6.42 Å². The van der Waals surface area contributed by atoms with Crippen molar-refractivity contribution in [2.75, 3.05) is 31.0 Å². The van der Waals surface area contributed by atoms with Crippen LogP contribution in [0.3, 0.4) is 0 Å². The number of unbranched alkanes of at least 4 members (excludes halogenated alkanes) is 2. The van der Waals surface area contributed by atoms with Gasteiger partial charge in [0.1, 0.15) is 0 Å². The number of nitrogens with zero attached hydrogens (tertiary/aromatic N) is 4. The predicted molar refractivity (Wildman–Crippen MR) is 90.3 cm³/mol. The Labute approximate surface area is 146 Å². The third kappa shape index (κ3) is 6.87. The number of hydrogen-bond donors (Lipinski definition) is 3. The van der Waals surface area contributed by atoms with Gasteiger partial charge in [-0.3, -0.25) is 25.6 Å². The number of hydroxylamine groups is 2. The van der Waals surface area contributed by atoms with Gasteiger partial charge >= 0.3 is 0 Å². The van der Waals surface area contributed by atoms with Gasteiger partial charge in [0, 0.05) is 14.1 Å². The first-order valence-electron chi connectivity index (χ1n) is 8.05. The largest absolute Gasteiger partial charge is 0.360 e. The summed E-state index contributed by atoms with van der Waals surface area (Å²) in [6.07, 6.45) is 4.48. The van der Waals surface area contributed by atoms with E-state index in [2.05, 4.69) is 20.8 Å². The Morgan fingerprint density at radius 3 is 2.76 bits per heavy atom. The summed E-state index contributed by atoms with van der Waals surface area (Å²) in [5.74, 6) is -1.49. The molecule has 1 rings (SSSR count). The minimum absolute atomic E-state index is 0.0296. The Morgan fingerprint density at radius 1 is 1.44 bits per heavy atom. The Hall–Kier alpha value is -2.49. The summed E-state index contributed by atoms with van der Waals surface area (Å²) >= 11 is 0. The third-order valence-electron chi connectivity index (χ3n) is 3.50. The van der Waals surface area contributed by atoms with Crippen LogP contribution in [0.1, 0.15) is 32.6 Å². The molecule has 0 unspecified atom stereocenters. The number of anilines is 2. The fraction of sp³-hybridized carbons (Fsp3) is 0.600. The summed E-state index contributed by atoms with van der Waals surface area (Å²) in [6, 6.07) is 0. The SMILES string of the molecule is CCCCC[C@H](CN(O)C=O)C(=O)NNc1ncc(F)c(N(C)C)n1. The number of carbonyl (C=O) groups is 2. The quantitative estimate of drug-likeness (QED) is 0.236. The molecule has 0 saturated heterocycles. The van der Waals surface area contributed by atoms with Gasteiger partial charge in [0.2, 0.25) is 18.3 Å². The molecule has 0 aromatic carbocycles. The molecule has 0 saturated carbocycles. The first kappa shape index (κ1) is 20.6. The van der Waals surface area contributed by atoms with Crippen molar-refractivity contribution in [3.63, 3.8) is 0 Å². The Bertz CT molecular complexity index is 572. The van der Waals surface area contributed by atoms with Gasteiger partial charge in [-0.15, -0.1) is 0 Å². The lowest BCUT2D eigenvalue weighted by Gasteiger charge is -2.20. The van der Waals surface area contributed by atoms with E-state index in [0.717, 1.165) is 25.5 Å². The van der Waals surface area contributed by atoms with E-state index in [-0.39, 0.29) is 24.7 Å². The molecule has 0 bridgehead atoms. The van der Waals surface area contributed by atoms with Crippen molar-refractivity contribution in [1.82, 2.24) is 20.5 Å². The molecule has 3 N–H and O–H groups in total. The van der Waals surface area contributed by atoms with E-state index in [1.807, 2.05) is 6.92 Å². The molecule has 0 aliphatic carbocycles. The minimum Gasteiger partial charge on any atom is -0.360 e. The van der Waals surface area contributed by atoms with Gasteiger partial charge in [0.15, 0.2) is 11.6 Å². The van der Waals surface area contributed by atoms with Crippen LogP contribution in [0.25, 0.3) is 0 Å². The maximum absolute atomic E-state index is 13.6. The highest BCUT2D eigenvalue weighted by atomic mass is 19.1. The van der Waals surface area contributed by atoms with Gasteiger partial charge in [0.25, 0.3) is 0 Å². The Balaban J connectivity index is 2.69. The standard InChI is InChI=1S/C15H25FN6O3/c1-4-5-6-7-11(9-22(25)10-23)14(24)19-20-15-17-8-12(16)13(18-15)21(2)3/h8,10-11,25H,4-7,9H2,1-3H3,(H,19,24)(H,17,18,20)/t11-/m1/s1. The molecule has 10 heteroatoms. The van der Waals surface area contributed by atoms with Crippen LogP contribution in [0, 0.1) is 11.7 Å². The van der Waals surface area contributed by atoms with Crippen molar-refractivity contribution >= 4 is 24.1 Å². The molecule has 9 nitrogen and oxygen atoms in total. The van der Waals surface area contributed by atoms with Crippen LogP contribution < -0.4 is 15.8 Å². The highest BCUT2D eigenvalue weighted by Gasteiger charge is 2.21. The molecule has 1 heterocycles. The molecule has 0 aliphatic heterocycles. The number of hydrazine groups is 1. The fourth-order valence-electron chi connectivity index (χ4n) is 2.17. The first-order chi connectivity index (χ1) is 11.9. The summed E-state index contributed by atoms with van der Waals surface area (Å²) in [7, 11) is 3.26. The van der Waals surface area contributed by atoms with Gasteiger partial charge in [-0.1, -0.05) is 26.2 Å². The summed E-state index contributed by atoms with van der Waals surface area (Å²) < 4.78 is 13.6. The van der Waals surface area contributed by atoms with Crippen LogP contribution in [0.4, 0.5) is 16.2 Å². The van der Waals surface area contributed by atoms with Crippen molar-refractivity contribution in [2.24, 2.45) is 5.92 Å². The lowest BCUT2D eigenvalue weighted by molar-refractivity contribution is -0.154. The number of amides is 2. The van der Waals surface area contributed by atoms with Crippen LogP contribution in [0.15, 0.2) is 6.20 Å². The summed E-state index contributed by atoms with van der Waals surface area (Å²) in [5, 5.41) is 9.78. The summed E-state index contributed by atoms with van der Waals surface area (Å²) in [6.45, 7) is 1.92. The van der Waals surface area contributed by atoms with Crippen molar-refractivity contribution in [1.29, 1.82) is 0 Å². The number of carbonyl (C=O) groups excluding carboxylic acids is 2. The fourth-order valence-corrected chi connectivity index (χ4v) is 2.17. The summed E-state index contributed by atoms with van der Waals surface area (Å²) in [5.41, 5.74) is 4.96. The third-order valence-corrected chi connectivity index (χ3v) is 3.50. The van der Waals surface area contributed by atoms with Crippen molar-refractivity contribution < 1.29 is 19.2 Å². The Kier molecular flexibility index (Phi) is 8.54. The normalized spacial score (nSPS) is 11.6. The van der Waals surface area contributed by atoms with Crippen molar-refractivity contribution in [3.05, 3.63) is 12.0 Å². The van der Waals surface area contributed by atoms with E-state index >= 15 is 0 Å². The minimum atomic E-state index is -0.594. The molecule has 2 amide bonds. The van der Waals surface area contributed by atoms with Crippen LogP contribution in [-0.2, 0) is 9.59 Å². The molecule has 0 radical (unpaired) electrons. The highest BCUT2D eigenvalue weighted by Crippen LogP contribution is 2.14. The maximum atomic E-state index is 13.6. The zero-order valence-electron chi connectivity index (χ0n) is 14.7. The molecular weight excluding hydrogens is 331 g/mol. The molecule has 1 aromatic rings. The second kappa shape index (κ2) is 10.4. The van der Waals surface area contributed by atoms with Crippen molar-refractivity contribution in [2.45, 2.75) is 32.6 Å². The monoisotopic (exact) mass is 356 g/mol. The van der Waals surface area contributed by atoms with E-state index in [0.29, 0.717) is 11.5 Å². The van der Waals surface area contributed by atoms with Gasteiger partial charge in [-0.25, -0.2) is 14.4 Å². The topological polar surface area (TPSA) is 111 Å². The number of hydrogen-bond acceptors (Lipinski definition) is 7. The number of aromatic nitrogens is 2. The van der Waals surface area contributed by atoms with Crippen LogP contribution in [0.5, 0.6) is 0 Å². The predicted octanol–water partition coefficient (Wildman–Crippen LogP) is 1.17. The van der Waals surface area contributed by atoms with Crippen molar-refractivity contribution in [3.8, 4) is 0 Å². The van der Waals surface area contributed by atoms with E-state index in [9.17, 15) is 19.2 Å². The average Bonchev–Trinajstić information content (AvgIpc) is 2.59. The molecule has 0 fully saturated rings. The van der Waals surface area contributed by atoms with E-state index in [1.54, 1.807) is 14.1 Å². The summed E-state index contributed by atoms with van der Waals surface area (Å²) in [4.78, 5) is 32.0. The van der Waals surface area contributed by atoms with Crippen LogP contribution in [0.2, 0.25) is 0 Å². The zero-order valence-corrected chi connectivity index (χ0v) is 14.7. The smallest absolute Gasteiger partial charge is 0.243 e. The van der Waals surface area contributed by atoms with Gasteiger partial charge < -0.3 is 4.90 Å². The lowest BCUT2D eigenvalue weighted by Crippen LogP contribution is -2.40. The van der Waals surface area contributed by atoms with Crippen LogP contribution >= 0.6 is 0 Å². The van der Waals surface area contributed by atoms with E-state index < -0.39 is 17.6 Å². The second-order valence-electron chi connectivity index (χ2n) is 5.79. The van der Waals surface area contributed by atoms with Gasteiger partial charge in [0.05, 0.1) is 18.7 Å². The van der Waals surface area contributed by atoms with Crippen LogP contribution in [-0.4, -0.2) is 53.2 Å². The molecule has 25 heavy (non-hydrogen) atoms. The Morgan fingerprint density at radius 2 is 2.16 bits per heavy atom. The number of nitrogens with one attached hydrogen (secondary N) is 2. The van der Waals surface area contributed by atoms with Gasteiger partial charge in [-0.2, -0.15) is 4.98 Å². The number of halogens is 1. The molecule has 0 spiro atoms. The maximum Gasteiger partial charge on any atom is 0.243 e. The molecule has 1 atom stereocenters. The molecule has 140 valence electrons. The molecule has 0 aliphatic rings. The first-order valence-corrected chi connectivity index (χ1v) is 8.05.